The van der Waals surface area contributed by atoms with Crippen LogP contribution in [0, 0.1) is 18.1 Å². The van der Waals surface area contributed by atoms with Crippen molar-refractivity contribution < 1.29 is 14.4 Å². The molecule has 5 aliphatic rings. The standard InChI is InChI=1S/C37H48N6O3/c1-39-19-21-40(22-20-39)32-11-17-42(18-12-32)36(45)31(24-27-9-10-28-6-4-7-29(28)23-27)25-35(44)41-15-13-33(14-16-41)43-26-30-5-2-3-8-34(30)38-37(43)46/h3,8-10,23,31-33H,4,6-7,11-22,24-26H2,1H3,(H,38,46). The number of likely N-dealkylation sites (tertiary alicyclic amines) is 2. The Morgan fingerprint density at radius 2 is 1.61 bits per heavy atom. The van der Waals surface area contributed by atoms with Crippen LogP contribution in [0.3, 0.4) is 0 Å². The summed E-state index contributed by atoms with van der Waals surface area (Å²) in [6.07, 6.45) is 7.75. The van der Waals surface area contributed by atoms with E-state index in [4.69, 9.17) is 0 Å². The molecule has 0 bridgehead atoms. The minimum Gasteiger partial charge on any atom is -0.343 e. The molecule has 1 N–H and O–H groups in total. The van der Waals surface area contributed by atoms with Crippen molar-refractivity contribution in [2.24, 2.45) is 5.92 Å². The number of fused-ring (bicyclic) bond motifs is 2. The zero-order valence-corrected chi connectivity index (χ0v) is 27.3. The number of benzene rings is 1. The molecular weight excluding hydrogens is 576 g/mol. The van der Waals surface area contributed by atoms with E-state index in [1.165, 1.54) is 23.1 Å². The SMILES string of the molecule is CN1CCN(C2CCN(C(=O)C(CC(=O)N3CCC(N4Cc5c#cccc5NC4=O)CC3)Cc3ccc4c(c3)CCC4)CC2)CC1. The number of urea groups is 1. The van der Waals surface area contributed by atoms with Crippen LogP contribution < -0.4 is 5.32 Å². The van der Waals surface area contributed by atoms with E-state index in [1.807, 2.05) is 20.8 Å². The fourth-order valence-corrected chi connectivity index (χ4v) is 8.33. The van der Waals surface area contributed by atoms with Gasteiger partial charge in [0, 0.05) is 76.4 Å². The normalized spacial score (nSPS) is 22.2. The first kappa shape index (κ1) is 31.0. The van der Waals surface area contributed by atoms with Crippen molar-refractivity contribution in [2.75, 3.05) is 64.7 Å². The molecular formula is C37H48N6O3. The average molecular weight is 625 g/mol. The van der Waals surface area contributed by atoms with E-state index in [0.717, 1.165) is 89.0 Å². The Labute approximate surface area is 273 Å². The smallest absolute Gasteiger partial charge is 0.322 e. The van der Waals surface area contributed by atoms with E-state index in [0.29, 0.717) is 32.1 Å². The van der Waals surface area contributed by atoms with E-state index < -0.39 is 0 Å². The Bertz CT molecular complexity index is 1420. The van der Waals surface area contributed by atoms with Gasteiger partial charge in [0.1, 0.15) is 0 Å². The van der Waals surface area contributed by atoms with Crippen LogP contribution >= 0.6 is 0 Å². The minimum atomic E-state index is -0.360. The van der Waals surface area contributed by atoms with Crippen molar-refractivity contribution in [1.82, 2.24) is 24.5 Å². The van der Waals surface area contributed by atoms with Crippen molar-refractivity contribution >= 4 is 23.5 Å². The van der Waals surface area contributed by atoms with Crippen LogP contribution in [0.1, 0.15) is 60.8 Å². The molecule has 0 aromatic heterocycles. The maximum absolute atomic E-state index is 14.2. The van der Waals surface area contributed by atoms with Crippen molar-refractivity contribution in [3.05, 3.63) is 64.7 Å². The third kappa shape index (κ3) is 6.74. The molecule has 0 radical (unpaired) electrons. The number of nitrogens with zero attached hydrogens (tertiary/aromatic N) is 5. The summed E-state index contributed by atoms with van der Waals surface area (Å²) in [6.45, 7) is 7.68. The number of piperazine rings is 1. The molecule has 0 saturated carbocycles. The summed E-state index contributed by atoms with van der Waals surface area (Å²) >= 11 is 0. The van der Waals surface area contributed by atoms with Crippen molar-refractivity contribution in [2.45, 2.75) is 76.4 Å². The zero-order valence-electron chi connectivity index (χ0n) is 27.3. The molecule has 4 aliphatic heterocycles. The zero-order chi connectivity index (χ0) is 31.6. The van der Waals surface area contributed by atoms with Crippen molar-refractivity contribution in [1.29, 1.82) is 0 Å². The number of likely N-dealkylation sites (N-methyl/N-ethyl adjacent to an activating group) is 1. The molecule has 0 spiro atoms. The highest BCUT2D eigenvalue weighted by Crippen LogP contribution is 2.29. The van der Waals surface area contributed by atoms with Gasteiger partial charge in [0.05, 0.1) is 18.2 Å². The first-order valence-electron chi connectivity index (χ1n) is 17.5. The second-order valence-electron chi connectivity index (χ2n) is 14.1. The number of piperidine rings is 2. The fourth-order valence-electron chi connectivity index (χ4n) is 8.33. The Morgan fingerprint density at radius 1 is 0.891 bits per heavy atom. The summed E-state index contributed by atoms with van der Waals surface area (Å²) in [5.74, 6) is -0.167. The summed E-state index contributed by atoms with van der Waals surface area (Å²) in [6, 6.07) is 17.0. The second-order valence-corrected chi connectivity index (χ2v) is 14.1. The summed E-state index contributed by atoms with van der Waals surface area (Å²) in [4.78, 5) is 51.7. The molecule has 1 atom stereocenters. The van der Waals surface area contributed by atoms with Gasteiger partial charge in [-0.1, -0.05) is 30.3 Å². The first-order valence-corrected chi connectivity index (χ1v) is 17.5. The van der Waals surface area contributed by atoms with Crippen LogP contribution in [0.5, 0.6) is 0 Å². The third-order valence-electron chi connectivity index (χ3n) is 11.2. The van der Waals surface area contributed by atoms with Gasteiger partial charge in [0.2, 0.25) is 11.8 Å². The number of amides is 4. The van der Waals surface area contributed by atoms with Crippen LogP contribution in [-0.4, -0.2) is 114 Å². The molecule has 9 nitrogen and oxygen atoms in total. The monoisotopic (exact) mass is 624 g/mol. The maximum atomic E-state index is 14.2. The molecule has 46 heavy (non-hydrogen) atoms. The molecule has 7 rings (SSSR count). The number of nitrogens with one attached hydrogen (secondary N) is 1. The van der Waals surface area contributed by atoms with Crippen molar-refractivity contribution in [3.63, 3.8) is 0 Å². The predicted octanol–water partition coefficient (Wildman–Crippen LogP) is 3.60. The van der Waals surface area contributed by atoms with Gasteiger partial charge in [-0.05, 0) is 87.2 Å². The van der Waals surface area contributed by atoms with E-state index >= 15 is 0 Å². The molecule has 2 aromatic rings. The number of aryl methyl sites for hydroxylation is 2. The van der Waals surface area contributed by atoms with Gasteiger partial charge in [-0.25, -0.2) is 4.79 Å². The first-order chi connectivity index (χ1) is 22.4. The number of carbonyl (C=O) groups is 3. The molecule has 9 heteroatoms. The largest absolute Gasteiger partial charge is 0.343 e. The Balaban J connectivity index is 0.982. The van der Waals surface area contributed by atoms with E-state index in [9.17, 15) is 14.4 Å². The molecule has 244 valence electrons. The number of carbonyl (C=O) groups excluding carboxylic acids is 3. The minimum absolute atomic E-state index is 0.0571. The summed E-state index contributed by atoms with van der Waals surface area (Å²) in [5, 5.41) is 2.98. The Morgan fingerprint density at radius 3 is 2.39 bits per heavy atom. The number of rotatable bonds is 7. The van der Waals surface area contributed by atoms with Crippen LogP contribution in [0.25, 0.3) is 0 Å². The van der Waals surface area contributed by atoms with Gasteiger partial charge >= 0.3 is 6.03 Å². The highest BCUT2D eigenvalue weighted by Gasteiger charge is 2.36. The predicted molar refractivity (Wildman–Crippen MR) is 177 cm³/mol. The second kappa shape index (κ2) is 13.6. The van der Waals surface area contributed by atoms with Crippen LogP contribution in [0.15, 0.2) is 30.3 Å². The Kier molecular flexibility index (Phi) is 9.19. The lowest BCUT2D eigenvalue weighted by Gasteiger charge is -2.42. The molecule has 3 fully saturated rings. The number of anilines is 1. The van der Waals surface area contributed by atoms with Crippen LogP contribution in [-0.2, 0) is 35.4 Å². The molecule has 4 amide bonds. The number of hydrogen-bond acceptors (Lipinski definition) is 5. The summed E-state index contributed by atoms with van der Waals surface area (Å²) in [7, 11) is 2.19. The fraction of sp³-hybridized carbons (Fsp3) is 0.595. The average Bonchev–Trinajstić information content (AvgIpc) is 3.56. The molecule has 1 aliphatic carbocycles. The van der Waals surface area contributed by atoms with E-state index in [1.54, 1.807) is 6.07 Å². The van der Waals surface area contributed by atoms with Gasteiger partial charge in [-0.2, -0.15) is 0 Å². The quantitative estimate of drug-likeness (QED) is 0.510. The lowest BCUT2D eigenvalue weighted by atomic mass is 9.91. The topological polar surface area (TPSA) is 79.4 Å². The molecule has 3 saturated heterocycles. The summed E-state index contributed by atoms with van der Waals surface area (Å²) in [5.41, 5.74) is 5.75. The van der Waals surface area contributed by atoms with Gasteiger partial charge in [-0.15, -0.1) is 0 Å². The highest BCUT2D eigenvalue weighted by molar-refractivity contribution is 5.92. The number of hydrogen-bond donors (Lipinski definition) is 1. The molecule has 1 unspecified atom stereocenters. The third-order valence-corrected chi connectivity index (χ3v) is 11.2. The van der Waals surface area contributed by atoms with Crippen LogP contribution in [0.4, 0.5) is 10.5 Å². The molecule has 2 aromatic carbocycles. The molecule has 4 heterocycles. The van der Waals surface area contributed by atoms with E-state index in [2.05, 4.69) is 52.5 Å². The van der Waals surface area contributed by atoms with Gasteiger partial charge in [-0.3, -0.25) is 14.5 Å². The van der Waals surface area contributed by atoms with Gasteiger partial charge < -0.3 is 24.9 Å². The summed E-state index contributed by atoms with van der Waals surface area (Å²) < 4.78 is 0. The highest BCUT2D eigenvalue weighted by atomic mass is 16.2. The lowest BCUT2D eigenvalue weighted by molar-refractivity contribution is -0.143. The van der Waals surface area contributed by atoms with E-state index in [-0.39, 0.29) is 36.2 Å². The van der Waals surface area contributed by atoms with Crippen molar-refractivity contribution in [3.8, 4) is 0 Å². The van der Waals surface area contributed by atoms with Gasteiger partial charge in [0.25, 0.3) is 0 Å². The Hall–Kier alpha value is -3.61. The maximum Gasteiger partial charge on any atom is 0.322 e. The lowest BCUT2D eigenvalue weighted by Crippen LogP contribution is -2.54. The van der Waals surface area contributed by atoms with Crippen LogP contribution in [0.2, 0.25) is 0 Å². The van der Waals surface area contributed by atoms with Gasteiger partial charge in [0.15, 0.2) is 0 Å².